The monoisotopic (exact) mass is 221 g/mol. The van der Waals surface area contributed by atoms with Crippen LogP contribution < -0.4 is 0 Å². The van der Waals surface area contributed by atoms with Crippen LogP contribution in [0.25, 0.3) is 0 Å². The van der Waals surface area contributed by atoms with Crippen molar-refractivity contribution in [2.75, 3.05) is 7.11 Å². The largest absolute Gasteiger partial charge is 0.467 e. The number of carbonyl (C=O) groups is 2. The standard InChI is InChI=1S/C6H8BrNO3/c1-11-6(10)4-2-3-5(9)8(4)7/h4H,2-3H2,1H3/t4-/m0/s1. The molecule has 62 valence electrons. The molecule has 0 radical (unpaired) electrons. The van der Waals surface area contributed by atoms with Crippen molar-refractivity contribution >= 4 is 28.0 Å². The maximum Gasteiger partial charge on any atom is 0.329 e. The number of ether oxygens (including phenoxy) is 1. The fourth-order valence-electron chi connectivity index (χ4n) is 1.00. The second-order valence-corrected chi connectivity index (χ2v) is 3.05. The van der Waals surface area contributed by atoms with Crippen LogP contribution in [0, 0.1) is 0 Å². The number of halogens is 1. The Morgan fingerprint density at radius 2 is 2.45 bits per heavy atom. The lowest BCUT2D eigenvalue weighted by Crippen LogP contribution is -2.31. The van der Waals surface area contributed by atoms with Gasteiger partial charge in [0.1, 0.15) is 6.04 Å². The molecule has 0 aliphatic carbocycles. The summed E-state index contributed by atoms with van der Waals surface area (Å²) in [6, 6.07) is -0.438. The Bertz CT molecular complexity index is 194. The predicted molar refractivity (Wildman–Crippen MR) is 40.8 cm³/mol. The van der Waals surface area contributed by atoms with Gasteiger partial charge >= 0.3 is 5.97 Å². The predicted octanol–water partition coefficient (Wildman–Crippen LogP) is 0.460. The molecule has 4 nitrogen and oxygen atoms in total. The van der Waals surface area contributed by atoms with Crippen molar-refractivity contribution in [3.05, 3.63) is 0 Å². The molecule has 0 aromatic rings. The number of amides is 1. The van der Waals surface area contributed by atoms with Crippen LogP contribution in [0.5, 0.6) is 0 Å². The summed E-state index contributed by atoms with van der Waals surface area (Å²) in [5.74, 6) is -0.437. The van der Waals surface area contributed by atoms with Crippen molar-refractivity contribution in [1.29, 1.82) is 0 Å². The number of hydrogen-bond acceptors (Lipinski definition) is 3. The number of esters is 1. The molecular weight excluding hydrogens is 214 g/mol. The number of rotatable bonds is 1. The van der Waals surface area contributed by atoms with Crippen LogP contribution in [-0.2, 0) is 14.3 Å². The Morgan fingerprint density at radius 3 is 2.82 bits per heavy atom. The Balaban J connectivity index is 2.61. The van der Waals surface area contributed by atoms with Crippen LogP contribution in [0.15, 0.2) is 0 Å². The van der Waals surface area contributed by atoms with Gasteiger partial charge in [-0.25, -0.2) is 4.79 Å². The first kappa shape index (κ1) is 8.52. The minimum absolute atomic E-state index is 0.0691. The van der Waals surface area contributed by atoms with Gasteiger partial charge in [-0.05, 0) is 6.42 Å². The van der Waals surface area contributed by atoms with Crippen LogP contribution in [0.2, 0.25) is 0 Å². The van der Waals surface area contributed by atoms with Crippen LogP contribution in [0.1, 0.15) is 12.8 Å². The van der Waals surface area contributed by atoms with E-state index in [1.165, 1.54) is 11.0 Å². The number of methoxy groups -OCH3 is 1. The average Bonchev–Trinajstić information content (AvgIpc) is 2.32. The van der Waals surface area contributed by atoms with Gasteiger partial charge in [-0.2, -0.15) is 0 Å². The molecule has 0 saturated carbocycles. The van der Waals surface area contributed by atoms with Gasteiger partial charge in [0.15, 0.2) is 0 Å². The number of hydrogen-bond donors (Lipinski definition) is 0. The third kappa shape index (κ3) is 1.53. The molecule has 1 fully saturated rings. The van der Waals surface area contributed by atoms with Gasteiger partial charge in [0.05, 0.1) is 23.3 Å². The molecule has 1 rings (SSSR count). The highest BCUT2D eigenvalue weighted by molar-refractivity contribution is 9.07. The average molecular weight is 222 g/mol. The van der Waals surface area contributed by atoms with E-state index < -0.39 is 6.04 Å². The van der Waals surface area contributed by atoms with E-state index in [4.69, 9.17) is 0 Å². The summed E-state index contributed by atoms with van der Waals surface area (Å²) in [6.45, 7) is 0. The zero-order chi connectivity index (χ0) is 8.43. The van der Waals surface area contributed by atoms with Crippen molar-refractivity contribution in [2.45, 2.75) is 18.9 Å². The first-order valence-electron chi connectivity index (χ1n) is 3.22. The van der Waals surface area contributed by atoms with E-state index in [9.17, 15) is 9.59 Å². The van der Waals surface area contributed by atoms with E-state index in [2.05, 4.69) is 20.9 Å². The van der Waals surface area contributed by atoms with E-state index in [1.54, 1.807) is 0 Å². The molecule has 1 heterocycles. The van der Waals surface area contributed by atoms with Crippen molar-refractivity contribution in [1.82, 2.24) is 3.93 Å². The van der Waals surface area contributed by atoms with Gasteiger partial charge in [0.2, 0.25) is 5.91 Å². The van der Waals surface area contributed by atoms with Gasteiger partial charge in [-0.1, -0.05) is 0 Å². The highest BCUT2D eigenvalue weighted by Crippen LogP contribution is 2.22. The second kappa shape index (κ2) is 3.21. The topological polar surface area (TPSA) is 46.6 Å². The quantitative estimate of drug-likeness (QED) is 0.478. The first-order valence-corrected chi connectivity index (χ1v) is 3.93. The van der Waals surface area contributed by atoms with Gasteiger partial charge < -0.3 is 4.74 Å². The van der Waals surface area contributed by atoms with Gasteiger partial charge in [0, 0.05) is 6.42 Å². The normalized spacial score (nSPS) is 24.0. The summed E-state index contributed by atoms with van der Waals surface area (Å²) >= 11 is 2.99. The van der Waals surface area contributed by atoms with Crippen LogP contribution in [0.4, 0.5) is 0 Å². The lowest BCUT2D eigenvalue weighted by Gasteiger charge is -2.13. The third-order valence-electron chi connectivity index (χ3n) is 1.62. The van der Waals surface area contributed by atoms with E-state index >= 15 is 0 Å². The van der Waals surface area contributed by atoms with Gasteiger partial charge in [-0.3, -0.25) is 8.72 Å². The highest BCUT2D eigenvalue weighted by atomic mass is 79.9. The zero-order valence-corrected chi connectivity index (χ0v) is 7.63. The molecule has 0 aromatic carbocycles. The molecule has 1 saturated heterocycles. The first-order chi connectivity index (χ1) is 5.16. The molecular formula is C6H8BrNO3. The lowest BCUT2D eigenvalue weighted by molar-refractivity contribution is -0.145. The smallest absolute Gasteiger partial charge is 0.329 e. The molecule has 0 bridgehead atoms. The molecule has 5 heteroatoms. The van der Waals surface area contributed by atoms with E-state index in [-0.39, 0.29) is 11.9 Å². The summed E-state index contributed by atoms with van der Waals surface area (Å²) < 4.78 is 5.74. The maximum atomic E-state index is 10.9. The second-order valence-electron chi connectivity index (χ2n) is 2.28. The molecule has 0 N–H and O–H groups in total. The third-order valence-corrected chi connectivity index (χ3v) is 2.51. The summed E-state index contributed by atoms with van der Waals surface area (Å²) in [7, 11) is 1.31. The molecule has 1 aliphatic rings. The zero-order valence-electron chi connectivity index (χ0n) is 6.04. The molecule has 11 heavy (non-hydrogen) atoms. The van der Waals surface area contributed by atoms with E-state index in [1.807, 2.05) is 0 Å². The van der Waals surface area contributed by atoms with Crippen molar-refractivity contribution in [3.63, 3.8) is 0 Å². The molecule has 0 spiro atoms. The highest BCUT2D eigenvalue weighted by Gasteiger charge is 2.35. The van der Waals surface area contributed by atoms with Crippen molar-refractivity contribution < 1.29 is 14.3 Å². The van der Waals surface area contributed by atoms with Crippen molar-refractivity contribution in [3.8, 4) is 0 Å². The number of nitrogens with zero attached hydrogens (tertiary/aromatic N) is 1. The molecule has 1 atom stereocenters. The minimum Gasteiger partial charge on any atom is -0.467 e. The van der Waals surface area contributed by atoms with Crippen LogP contribution in [-0.4, -0.2) is 29.0 Å². The van der Waals surface area contributed by atoms with Gasteiger partial charge in [-0.15, -0.1) is 0 Å². The van der Waals surface area contributed by atoms with E-state index in [0.29, 0.717) is 12.8 Å². The van der Waals surface area contributed by atoms with E-state index in [0.717, 1.165) is 0 Å². The summed E-state index contributed by atoms with van der Waals surface area (Å²) in [5, 5.41) is 0. The Labute approximate surface area is 72.8 Å². The molecule has 1 amide bonds. The fraction of sp³-hybridized carbons (Fsp3) is 0.667. The summed E-state index contributed by atoms with van der Waals surface area (Å²) in [5.41, 5.74) is 0. The Morgan fingerprint density at radius 1 is 1.82 bits per heavy atom. The van der Waals surface area contributed by atoms with Crippen LogP contribution in [0.3, 0.4) is 0 Å². The fourth-order valence-corrected chi connectivity index (χ4v) is 1.55. The summed E-state index contributed by atoms with van der Waals surface area (Å²) in [4.78, 5) is 21.8. The maximum absolute atomic E-state index is 10.9. The van der Waals surface area contributed by atoms with Crippen LogP contribution >= 0.6 is 16.1 Å². The van der Waals surface area contributed by atoms with Crippen molar-refractivity contribution in [2.24, 2.45) is 0 Å². The molecule has 0 unspecified atom stereocenters. The minimum atomic E-state index is -0.438. The van der Waals surface area contributed by atoms with Gasteiger partial charge in [0.25, 0.3) is 0 Å². The Hall–Kier alpha value is -0.580. The SMILES string of the molecule is COC(=O)[C@@H]1CCC(=O)N1Br. The molecule has 0 aromatic heterocycles. The summed E-state index contributed by atoms with van der Waals surface area (Å²) in [6.07, 6.45) is 0.946. The number of carbonyl (C=O) groups excluding carboxylic acids is 2. The lowest BCUT2D eigenvalue weighted by atomic mass is 10.2. The Kier molecular flexibility index (Phi) is 2.49. The molecule has 1 aliphatic heterocycles.